The predicted octanol–water partition coefficient (Wildman–Crippen LogP) is 2.99. The van der Waals surface area contributed by atoms with Crippen molar-refractivity contribution in [2.75, 3.05) is 0 Å². The second-order valence-electron chi connectivity index (χ2n) is 4.86. The number of carbonyl (C=O) groups excluding carboxylic acids is 1. The van der Waals surface area contributed by atoms with Gasteiger partial charge in [-0.05, 0) is 29.8 Å². The molecule has 0 aliphatic heterocycles. The lowest BCUT2D eigenvalue weighted by atomic mass is 10.2. The monoisotopic (exact) mass is 314 g/mol. The van der Waals surface area contributed by atoms with Gasteiger partial charge in [-0.25, -0.2) is 9.31 Å². The number of hydrogen-bond donors (Lipinski definition) is 2. The van der Waals surface area contributed by atoms with Crippen molar-refractivity contribution in [1.29, 1.82) is 0 Å². The molecule has 1 aromatic carbocycles. The summed E-state index contributed by atoms with van der Waals surface area (Å²) in [5.74, 6) is 0. The third kappa shape index (κ3) is 3.38. The van der Waals surface area contributed by atoms with Gasteiger partial charge in [0.15, 0.2) is 0 Å². The minimum absolute atomic E-state index is 0.217. The van der Waals surface area contributed by atoms with Crippen LogP contribution >= 0.6 is 11.6 Å². The third-order valence-corrected chi connectivity index (χ3v) is 3.56. The van der Waals surface area contributed by atoms with Crippen LogP contribution in [0.2, 0.25) is 5.02 Å². The zero-order valence-corrected chi connectivity index (χ0v) is 12.5. The summed E-state index contributed by atoms with van der Waals surface area (Å²) in [6, 6.07) is 13.0. The molecule has 3 rings (SSSR count). The second-order valence-corrected chi connectivity index (χ2v) is 5.30. The molecule has 0 bridgehead atoms. The Labute approximate surface area is 132 Å². The van der Waals surface area contributed by atoms with E-state index in [1.54, 1.807) is 22.8 Å². The maximum Gasteiger partial charge on any atom is 0.315 e. The van der Waals surface area contributed by atoms with Gasteiger partial charge in [0, 0.05) is 29.9 Å². The van der Waals surface area contributed by atoms with Gasteiger partial charge in [0.1, 0.15) is 0 Å². The number of nitrogens with one attached hydrogen (secondary N) is 2. The molecule has 0 aliphatic rings. The summed E-state index contributed by atoms with van der Waals surface area (Å²) in [4.78, 5) is 11.8. The lowest BCUT2D eigenvalue weighted by molar-refractivity contribution is 0.240. The second kappa shape index (κ2) is 6.49. The largest absolute Gasteiger partial charge is 0.334 e. The van der Waals surface area contributed by atoms with E-state index in [2.05, 4.69) is 15.7 Å². The first-order chi connectivity index (χ1) is 10.7. The summed E-state index contributed by atoms with van der Waals surface area (Å²) in [5.41, 5.74) is 2.96. The molecule has 0 radical (unpaired) electrons. The topological polar surface area (TPSA) is 58.4 Å². The number of fused-ring (bicyclic) bond motifs is 1. The summed E-state index contributed by atoms with van der Waals surface area (Å²) >= 11 is 5.82. The Kier molecular flexibility index (Phi) is 4.25. The molecule has 0 aliphatic carbocycles. The smallest absolute Gasteiger partial charge is 0.315 e. The van der Waals surface area contributed by atoms with E-state index in [-0.39, 0.29) is 6.03 Å². The standard InChI is InChI=1S/C16H15ClN4O/c17-14-6-4-12(5-7-14)9-18-16(22)19-10-13-11-20-21-8-2-1-3-15(13)21/h1-8,11H,9-10H2,(H2,18,19,22). The number of pyridine rings is 1. The van der Waals surface area contributed by atoms with Gasteiger partial charge in [0.2, 0.25) is 0 Å². The number of rotatable bonds is 4. The Hall–Kier alpha value is -2.53. The average molecular weight is 315 g/mol. The van der Waals surface area contributed by atoms with Gasteiger partial charge in [-0.15, -0.1) is 0 Å². The molecule has 0 saturated heterocycles. The molecule has 2 aromatic heterocycles. The van der Waals surface area contributed by atoms with Crippen molar-refractivity contribution in [3.05, 3.63) is 71.0 Å². The molecule has 0 spiro atoms. The highest BCUT2D eigenvalue weighted by molar-refractivity contribution is 6.30. The fraction of sp³-hybridized carbons (Fsp3) is 0.125. The van der Waals surface area contributed by atoms with E-state index >= 15 is 0 Å². The number of amides is 2. The molecule has 0 atom stereocenters. The van der Waals surface area contributed by atoms with E-state index in [1.807, 2.05) is 36.5 Å². The quantitative estimate of drug-likeness (QED) is 0.778. The number of aromatic nitrogens is 2. The van der Waals surface area contributed by atoms with Crippen LogP contribution in [-0.4, -0.2) is 15.6 Å². The summed E-state index contributed by atoms with van der Waals surface area (Å²) < 4.78 is 1.78. The van der Waals surface area contributed by atoms with Crippen molar-refractivity contribution in [3.8, 4) is 0 Å². The van der Waals surface area contributed by atoms with Gasteiger partial charge in [-0.1, -0.05) is 29.8 Å². The highest BCUT2D eigenvalue weighted by Gasteiger charge is 2.05. The molecule has 2 amide bonds. The van der Waals surface area contributed by atoms with E-state index in [1.165, 1.54) is 0 Å². The van der Waals surface area contributed by atoms with Gasteiger partial charge in [0.25, 0.3) is 0 Å². The fourth-order valence-corrected chi connectivity index (χ4v) is 2.27. The molecular weight excluding hydrogens is 300 g/mol. The number of carbonyl (C=O) groups is 1. The van der Waals surface area contributed by atoms with Crippen molar-refractivity contribution in [1.82, 2.24) is 20.2 Å². The van der Waals surface area contributed by atoms with Gasteiger partial charge >= 0.3 is 6.03 Å². The first-order valence-electron chi connectivity index (χ1n) is 6.90. The zero-order valence-electron chi connectivity index (χ0n) is 11.8. The summed E-state index contributed by atoms with van der Waals surface area (Å²) in [7, 11) is 0. The SMILES string of the molecule is O=C(NCc1ccc(Cl)cc1)NCc1cnn2ccccc12. The number of nitrogens with zero attached hydrogens (tertiary/aromatic N) is 2. The number of urea groups is 1. The highest BCUT2D eigenvalue weighted by Crippen LogP contribution is 2.10. The van der Waals surface area contributed by atoms with E-state index in [0.29, 0.717) is 18.1 Å². The number of benzene rings is 1. The molecule has 22 heavy (non-hydrogen) atoms. The van der Waals surface area contributed by atoms with E-state index in [4.69, 9.17) is 11.6 Å². The van der Waals surface area contributed by atoms with Crippen LogP contribution in [0.25, 0.3) is 5.52 Å². The van der Waals surface area contributed by atoms with Crippen molar-refractivity contribution >= 4 is 23.1 Å². The van der Waals surface area contributed by atoms with Crippen LogP contribution in [0.3, 0.4) is 0 Å². The highest BCUT2D eigenvalue weighted by atomic mass is 35.5. The molecule has 0 saturated carbocycles. The zero-order chi connectivity index (χ0) is 15.4. The molecule has 112 valence electrons. The lowest BCUT2D eigenvalue weighted by Gasteiger charge is -2.07. The molecule has 6 heteroatoms. The van der Waals surface area contributed by atoms with E-state index in [0.717, 1.165) is 16.6 Å². The molecule has 0 fully saturated rings. The van der Waals surface area contributed by atoms with Crippen molar-refractivity contribution in [2.24, 2.45) is 0 Å². The summed E-state index contributed by atoms with van der Waals surface area (Å²) in [6.07, 6.45) is 3.63. The van der Waals surface area contributed by atoms with Gasteiger partial charge in [-0.3, -0.25) is 0 Å². The molecule has 2 heterocycles. The van der Waals surface area contributed by atoms with Gasteiger partial charge in [0.05, 0.1) is 11.7 Å². The first kappa shape index (κ1) is 14.4. The van der Waals surface area contributed by atoms with Crippen LogP contribution in [0, 0.1) is 0 Å². The van der Waals surface area contributed by atoms with Crippen molar-refractivity contribution < 1.29 is 4.79 Å². The Morgan fingerprint density at radius 3 is 2.68 bits per heavy atom. The maximum absolute atomic E-state index is 11.8. The van der Waals surface area contributed by atoms with Gasteiger partial charge in [-0.2, -0.15) is 5.10 Å². The van der Waals surface area contributed by atoms with Gasteiger partial charge < -0.3 is 10.6 Å². The molecule has 5 nitrogen and oxygen atoms in total. The molecule has 0 unspecified atom stereocenters. The minimum atomic E-state index is -0.217. The van der Waals surface area contributed by atoms with Crippen molar-refractivity contribution in [3.63, 3.8) is 0 Å². The van der Waals surface area contributed by atoms with Crippen LogP contribution in [-0.2, 0) is 13.1 Å². The number of hydrogen-bond acceptors (Lipinski definition) is 2. The normalized spacial score (nSPS) is 10.6. The molecule has 2 N–H and O–H groups in total. The first-order valence-corrected chi connectivity index (χ1v) is 7.27. The molecule has 3 aromatic rings. The van der Waals surface area contributed by atoms with Crippen LogP contribution < -0.4 is 10.6 Å². The summed E-state index contributed by atoms with van der Waals surface area (Å²) in [5, 5.41) is 10.6. The Balaban J connectivity index is 1.53. The fourth-order valence-electron chi connectivity index (χ4n) is 2.15. The van der Waals surface area contributed by atoms with E-state index < -0.39 is 0 Å². The van der Waals surface area contributed by atoms with Crippen LogP contribution in [0.15, 0.2) is 54.9 Å². The maximum atomic E-state index is 11.8. The van der Waals surface area contributed by atoms with Crippen LogP contribution in [0.4, 0.5) is 4.79 Å². The van der Waals surface area contributed by atoms with Crippen molar-refractivity contribution in [2.45, 2.75) is 13.1 Å². The average Bonchev–Trinajstić information content (AvgIpc) is 2.96. The van der Waals surface area contributed by atoms with Crippen LogP contribution in [0.5, 0.6) is 0 Å². The number of halogens is 1. The van der Waals surface area contributed by atoms with Crippen LogP contribution in [0.1, 0.15) is 11.1 Å². The Bertz CT molecular complexity index is 782. The Morgan fingerprint density at radius 2 is 1.86 bits per heavy atom. The third-order valence-electron chi connectivity index (χ3n) is 3.31. The summed E-state index contributed by atoms with van der Waals surface area (Å²) in [6.45, 7) is 0.887. The minimum Gasteiger partial charge on any atom is -0.334 e. The Morgan fingerprint density at radius 1 is 1.09 bits per heavy atom. The molecular formula is C16H15ClN4O. The predicted molar refractivity (Wildman–Crippen MR) is 85.7 cm³/mol. The van der Waals surface area contributed by atoms with E-state index in [9.17, 15) is 4.79 Å². The lowest BCUT2D eigenvalue weighted by Crippen LogP contribution is -2.34.